The second-order valence-electron chi connectivity index (χ2n) is 5.05. The maximum Gasteiger partial charge on any atom is 0.279 e. The molecule has 0 aliphatic heterocycles. The molecule has 0 spiro atoms. The summed E-state index contributed by atoms with van der Waals surface area (Å²) in [6, 6.07) is 13.1. The van der Waals surface area contributed by atoms with Crippen molar-refractivity contribution in [2.24, 2.45) is 0 Å². The number of halogens is 2. The van der Waals surface area contributed by atoms with Crippen molar-refractivity contribution in [2.75, 3.05) is 0 Å². The predicted octanol–water partition coefficient (Wildman–Crippen LogP) is 3.22. The summed E-state index contributed by atoms with van der Waals surface area (Å²) in [7, 11) is 0. The summed E-state index contributed by atoms with van der Waals surface area (Å²) in [4.78, 5) is 23.6. The van der Waals surface area contributed by atoms with Gasteiger partial charge in [0.2, 0.25) is 0 Å². The van der Waals surface area contributed by atoms with Crippen LogP contribution >= 0.6 is 15.9 Å². The van der Waals surface area contributed by atoms with Crippen molar-refractivity contribution in [3.63, 3.8) is 0 Å². The van der Waals surface area contributed by atoms with Crippen LogP contribution in [-0.4, -0.2) is 17.9 Å². The quantitative estimate of drug-likeness (QED) is 0.591. The van der Waals surface area contributed by atoms with Gasteiger partial charge in [-0.25, -0.2) is 4.39 Å². The Morgan fingerprint density at radius 2 is 1.80 bits per heavy atom. The normalized spacial score (nSPS) is 11.8. The highest BCUT2D eigenvalue weighted by Gasteiger charge is 2.16. The van der Waals surface area contributed by atoms with Gasteiger partial charge in [0.25, 0.3) is 11.8 Å². The minimum Gasteiger partial charge on any atom is -0.478 e. The molecule has 25 heavy (non-hydrogen) atoms. The average molecular weight is 407 g/mol. The molecule has 0 bridgehead atoms. The Balaban J connectivity index is 1.81. The van der Waals surface area contributed by atoms with E-state index in [1.165, 1.54) is 31.2 Å². The molecule has 7 heteroatoms. The van der Waals surface area contributed by atoms with Crippen LogP contribution in [0.3, 0.4) is 0 Å². The number of carbonyl (C=O) groups excluding carboxylic acids is 2. The Morgan fingerprint density at radius 3 is 2.48 bits per heavy atom. The second-order valence-corrected chi connectivity index (χ2v) is 5.97. The number of carbonyl (C=O) groups is 2. The van der Waals surface area contributed by atoms with Crippen molar-refractivity contribution in [3.05, 3.63) is 70.5 Å². The molecule has 0 aromatic heterocycles. The standard InChI is InChI=1S/C18H16BrFN2O3/c1-12(25-16-5-3-2-4-15(16)20)18(24)22-21-17(23)11-8-13-6-9-14(19)10-7-13/h2-12H,1H3,(H,21,23)(H,22,24)/b11-8+/t12-/m1/s1. The Kier molecular flexibility index (Phi) is 6.71. The van der Waals surface area contributed by atoms with E-state index in [1.54, 1.807) is 12.1 Å². The van der Waals surface area contributed by atoms with Crippen LogP contribution in [0, 0.1) is 5.82 Å². The fraction of sp³-hybridized carbons (Fsp3) is 0.111. The number of hydrogen-bond acceptors (Lipinski definition) is 3. The molecule has 0 saturated heterocycles. The summed E-state index contributed by atoms with van der Waals surface area (Å²) in [6.07, 6.45) is 1.91. The molecule has 0 unspecified atom stereocenters. The third-order valence-corrected chi connectivity index (χ3v) is 3.64. The zero-order valence-corrected chi connectivity index (χ0v) is 14.9. The van der Waals surface area contributed by atoms with Crippen molar-refractivity contribution in [1.82, 2.24) is 10.9 Å². The van der Waals surface area contributed by atoms with Crippen LogP contribution in [0.15, 0.2) is 59.1 Å². The van der Waals surface area contributed by atoms with E-state index in [0.29, 0.717) is 0 Å². The molecular weight excluding hydrogens is 391 g/mol. The molecule has 0 heterocycles. The first-order valence-corrected chi connectivity index (χ1v) is 8.19. The number of hydrogen-bond donors (Lipinski definition) is 2. The Hall–Kier alpha value is -2.67. The summed E-state index contributed by atoms with van der Waals surface area (Å²) in [6.45, 7) is 1.45. The monoisotopic (exact) mass is 406 g/mol. The van der Waals surface area contributed by atoms with Gasteiger partial charge in [-0.15, -0.1) is 0 Å². The number of ether oxygens (including phenoxy) is 1. The van der Waals surface area contributed by atoms with Crippen LogP contribution in [0.5, 0.6) is 5.75 Å². The SMILES string of the molecule is C[C@@H](Oc1ccccc1F)C(=O)NNC(=O)/C=C/c1ccc(Br)cc1. The lowest BCUT2D eigenvalue weighted by molar-refractivity contribution is -0.131. The highest BCUT2D eigenvalue weighted by molar-refractivity contribution is 9.10. The summed E-state index contributed by atoms with van der Waals surface area (Å²) >= 11 is 3.32. The molecule has 130 valence electrons. The number of hydrazine groups is 1. The van der Waals surface area contributed by atoms with Crippen LogP contribution in [0.25, 0.3) is 6.08 Å². The van der Waals surface area contributed by atoms with E-state index in [1.807, 2.05) is 24.3 Å². The van der Waals surface area contributed by atoms with Crippen LogP contribution in [0.2, 0.25) is 0 Å². The topological polar surface area (TPSA) is 67.4 Å². The van der Waals surface area contributed by atoms with Crippen molar-refractivity contribution >= 4 is 33.8 Å². The van der Waals surface area contributed by atoms with Gasteiger partial charge in [-0.05, 0) is 42.8 Å². The molecule has 0 aliphatic rings. The van der Waals surface area contributed by atoms with Crippen molar-refractivity contribution in [1.29, 1.82) is 0 Å². The fourth-order valence-electron chi connectivity index (χ4n) is 1.80. The van der Waals surface area contributed by atoms with Gasteiger partial charge in [0.15, 0.2) is 17.7 Å². The van der Waals surface area contributed by atoms with Crippen LogP contribution in [-0.2, 0) is 9.59 Å². The molecule has 2 amide bonds. The van der Waals surface area contributed by atoms with E-state index >= 15 is 0 Å². The first-order chi connectivity index (χ1) is 12.0. The van der Waals surface area contributed by atoms with Gasteiger partial charge in [0.1, 0.15) is 0 Å². The fourth-order valence-corrected chi connectivity index (χ4v) is 2.06. The molecule has 2 rings (SSSR count). The first-order valence-electron chi connectivity index (χ1n) is 7.40. The van der Waals surface area contributed by atoms with E-state index in [9.17, 15) is 14.0 Å². The molecule has 2 N–H and O–H groups in total. The lowest BCUT2D eigenvalue weighted by atomic mass is 10.2. The molecular formula is C18H16BrFN2O3. The van der Waals surface area contributed by atoms with Gasteiger partial charge in [-0.2, -0.15) is 0 Å². The van der Waals surface area contributed by atoms with Gasteiger partial charge in [0.05, 0.1) is 0 Å². The van der Waals surface area contributed by atoms with Crippen molar-refractivity contribution < 1.29 is 18.7 Å². The molecule has 2 aromatic rings. The highest BCUT2D eigenvalue weighted by atomic mass is 79.9. The summed E-state index contributed by atoms with van der Waals surface area (Å²) in [5, 5.41) is 0. The molecule has 2 aromatic carbocycles. The summed E-state index contributed by atoms with van der Waals surface area (Å²) < 4.78 is 19.6. The minimum atomic E-state index is -0.979. The molecule has 0 aliphatic carbocycles. The average Bonchev–Trinajstić information content (AvgIpc) is 2.61. The highest BCUT2D eigenvalue weighted by Crippen LogP contribution is 2.16. The largest absolute Gasteiger partial charge is 0.478 e. The molecule has 5 nitrogen and oxygen atoms in total. The summed E-state index contributed by atoms with van der Waals surface area (Å²) in [5.41, 5.74) is 5.29. The van der Waals surface area contributed by atoms with E-state index in [-0.39, 0.29) is 5.75 Å². The molecule has 1 atom stereocenters. The smallest absolute Gasteiger partial charge is 0.279 e. The van der Waals surface area contributed by atoms with E-state index in [4.69, 9.17) is 4.74 Å². The third-order valence-electron chi connectivity index (χ3n) is 3.12. The predicted molar refractivity (Wildman–Crippen MR) is 96.0 cm³/mol. The Labute approximate surface area is 153 Å². The Morgan fingerprint density at radius 1 is 1.12 bits per heavy atom. The van der Waals surface area contributed by atoms with Crippen molar-refractivity contribution in [3.8, 4) is 5.75 Å². The van der Waals surface area contributed by atoms with E-state index in [2.05, 4.69) is 26.8 Å². The van der Waals surface area contributed by atoms with Gasteiger partial charge in [-0.1, -0.05) is 40.2 Å². The lowest BCUT2D eigenvalue weighted by Crippen LogP contribution is -2.46. The zero-order chi connectivity index (χ0) is 18.2. The van der Waals surface area contributed by atoms with E-state index in [0.717, 1.165) is 10.0 Å². The van der Waals surface area contributed by atoms with E-state index < -0.39 is 23.7 Å². The van der Waals surface area contributed by atoms with Crippen LogP contribution < -0.4 is 15.6 Å². The zero-order valence-electron chi connectivity index (χ0n) is 13.3. The lowest BCUT2D eigenvalue weighted by Gasteiger charge is -2.15. The maximum atomic E-state index is 13.5. The molecule has 0 radical (unpaired) electrons. The number of rotatable bonds is 5. The number of amides is 2. The second kappa shape index (κ2) is 8.98. The number of benzene rings is 2. The van der Waals surface area contributed by atoms with Crippen molar-refractivity contribution in [2.45, 2.75) is 13.0 Å². The summed E-state index contributed by atoms with van der Waals surface area (Å²) in [5.74, 6) is -1.71. The number of para-hydroxylation sites is 1. The molecule has 0 fully saturated rings. The maximum absolute atomic E-state index is 13.5. The van der Waals surface area contributed by atoms with Gasteiger partial charge in [-0.3, -0.25) is 20.4 Å². The molecule has 0 saturated carbocycles. The van der Waals surface area contributed by atoms with Crippen LogP contribution in [0.4, 0.5) is 4.39 Å². The van der Waals surface area contributed by atoms with Crippen LogP contribution in [0.1, 0.15) is 12.5 Å². The Bertz CT molecular complexity index is 778. The number of nitrogens with one attached hydrogen (secondary N) is 2. The first kappa shape index (κ1) is 18.7. The van der Waals surface area contributed by atoms with Gasteiger partial charge >= 0.3 is 0 Å². The van der Waals surface area contributed by atoms with Gasteiger partial charge in [0, 0.05) is 10.5 Å². The minimum absolute atomic E-state index is 0.0355. The van der Waals surface area contributed by atoms with Gasteiger partial charge < -0.3 is 4.74 Å². The third kappa shape index (κ3) is 6.04.